The Bertz CT molecular complexity index is 759. The minimum Gasteiger partial charge on any atom is -0.496 e. The maximum absolute atomic E-state index is 12.7. The van der Waals surface area contributed by atoms with Gasteiger partial charge in [0.1, 0.15) is 5.75 Å². The number of rotatable bonds is 3. The van der Waals surface area contributed by atoms with Crippen LogP contribution in [-0.2, 0) is 13.1 Å². The van der Waals surface area contributed by atoms with Crippen molar-refractivity contribution in [2.75, 3.05) is 7.11 Å². The summed E-state index contributed by atoms with van der Waals surface area (Å²) in [5.41, 5.74) is 3.63. The Hall–Kier alpha value is -1.71. The Balaban J connectivity index is 1.88. The summed E-state index contributed by atoms with van der Waals surface area (Å²) in [7, 11) is 1.61. The largest absolute Gasteiger partial charge is 0.496 e. The molecule has 2 aromatic rings. The van der Waals surface area contributed by atoms with Crippen molar-refractivity contribution in [2.45, 2.75) is 20.0 Å². The number of amides is 1. The number of nitrogens with zero attached hydrogens (tertiary/aromatic N) is 1. The van der Waals surface area contributed by atoms with Gasteiger partial charge in [-0.3, -0.25) is 4.79 Å². The highest BCUT2D eigenvalue weighted by Crippen LogP contribution is 2.32. The van der Waals surface area contributed by atoms with Crippen LogP contribution in [0.1, 0.15) is 27.0 Å². The zero-order valence-electron chi connectivity index (χ0n) is 12.3. The summed E-state index contributed by atoms with van der Waals surface area (Å²) in [6.07, 6.45) is 0. The highest BCUT2D eigenvalue weighted by atomic mass is 35.5. The average molecular weight is 336 g/mol. The third-order valence-electron chi connectivity index (χ3n) is 3.94. The van der Waals surface area contributed by atoms with Crippen LogP contribution in [-0.4, -0.2) is 17.9 Å². The number of hydrogen-bond acceptors (Lipinski definition) is 2. The van der Waals surface area contributed by atoms with Crippen LogP contribution in [0.3, 0.4) is 0 Å². The predicted octanol–water partition coefficient (Wildman–Crippen LogP) is 4.47. The van der Waals surface area contributed by atoms with Gasteiger partial charge in [0.2, 0.25) is 0 Å². The Morgan fingerprint density at radius 2 is 1.95 bits per heavy atom. The molecule has 0 atom stereocenters. The van der Waals surface area contributed by atoms with Gasteiger partial charge in [-0.25, -0.2) is 0 Å². The van der Waals surface area contributed by atoms with Gasteiger partial charge in [0.15, 0.2) is 0 Å². The second-order valence-corrected chi connectivity index (χ2v) is 6.15. The van der Waals surface area contributed by atoms with Crippen LogP contribution in [0.2, 0.25) is 10.0 Å². The third kappa shape index (κ3) is 2.55. The van der Waals surface area contributed by atoms with E-state index in [1.165, 1.54) is 0 Å². The van der Waals surface area contributed by atoms with Crippen molar-refractivity contribution in [1.82, 2.24) is 4.90 Å². The van der Waals surface area contributed by atoms with Crippen LogP contribution in [0.4, 0.5) is 0 Å². The van der Waals surface area contributed by atoms with Crippen LogP contribution in [0, 0.1) is 6.92 Å². The molecule has 1 aliphatic heterocycles. The monoisotopic (exact) mass is 335 g/mol. The molecule has 0 unspecified atom stereocenters. The number of carbonyl (C=O) groups is 1. The number of halogens is 2. The van der Waals surface area contributed by atoms with E-state index >= 15 is 0 Å². The summed E-state index contributed by atoms with van der Waals surface area (Å²) in [5, 5.41) is 1.02. The van der Waals surface area contributed by atoms with Gasteiger partial charge in [-0.1, -0.05) is 35.3 Å². The van der Waals surface area contributed by atoms with Gasteiger partial charge in [-0.2, -0.15) is 0 Å². The van der Waals surface area contributed by atoms with Crippen molar-refractivity contribution >= 4 is 29.1 Å². The Morgan fingerprint density at radius 3 is 2.64 bits per heavy atom. The molecule has 3 nitrogen and oxygen atoms in total. The number of hydrogen-bond donors (Lipinski definition) is 0. The zero-order valence-corrected chi connectivity index (χ0v) is 13.8. The molecule has 0 spiro atoms. The van der Waals surface area contributed by atoms with Crippen molar-refractivity contribution in [2.24, 2.45) is 0 Å². The second-order valence-electron chi connectivity index (χ2n) is 5.34. The van der Waals surface area contributed by atoms with E-state index in [1.54, 1.807) is 24.1 Å². The van der Waals surface area contributed by atoms with Gasteiger partial charge < -0.3 is 9.64 Å². The van der Waals surface area contributed by atoms with Crippen LogP contribution in [0.25, 0.3) is 0 Å². The van der Waals surface area contributed by atoms with Gasteiger partial charge in [0, 0.05) is 18.7 Å². The molecule has 5 heteroatoms. The molecule has 3 rings (SSSR count). The summed E-state index contributed by atoms with van der Waals surface area (Å²) in [4.78, 5) is 14.5. The molecule has 0 saturated heterocycles. The third-order valence-corrected chi connectivity index (χ3v) is 4.68. The van der Waals surface area contributed by atoms with E-state index in [1.807, 2.05) is 25.1 Å². The summed E-state index contributed by atoms with van der Waals surface area (Å²) >= 11 is 12.0. The standard InChI is InChI=1S/C17H15Cl2NO2/c1-10-15(22-2)6-4-12-9-20(17(21)16(10)12)8-11-3-5-13(18)14(19)7-11/h3-7H,8-9H2,1-2H3. The van der Waals surface area contributed by atoms with E-state index in [4.69, 9.17) is 27.9 Å². The molecule has 2 aromatic carbocycles. The highest BCUT2D eigenvalue weighted by molar-refractivity contribution is 6.42. The first-order chi connectivity index (χ1) is 10.5. The number of fused-ring (bicyclic) bond motifs is 1. The molecular weight excluding hydrogens is 321 g/mol. The van der Waals surface area contributed by atoms with Gasteiger partial charge in [0.05, 0.1) is 22.7 Å². The lowest BCUT2D eigenvalue weighted by Crippen LogP contribution is -2.23. The van der Waals surface area contributed by atoms with E-state index < -0.39 is 0 Å². The number of benzene rings is 2. The molecule has 0 aliphatic carbocycles. The molecule has 1 amide bonds. The smallest absolute Gasteiger partial charge is 0.255 e. The van der Waals surface area contributed by atoms with Crippen LogP contribution >= 0.6 is 23.2 Å². The number of ether oxygens (including phenoxy) is 1. The first-order valence-corrected chi connectivity index (χ1v) is 7.66. The van der Waals surface area contributed by atoms with Gasteiger partial charge in [-0.15, -0.1) is 0 Å². The molecule has 0 radical (unpaired) electrons. The highest BCUT2D eigenvalue weighted by Gasteiger charge is 2.30. The van der Waals surface area contributed by atoms with E-state index in [0.717, 1.165) is 28.0 Å². The Labute approximate surface area is 139 Å². The molecule has 0 saturated carbocycles. The minimum atomic E-state index is 0.0254. The SMILES string of the molecule is COc1ccc2c(c1C)C(=O)N(Cc1ccc(Cl)c(Cl)c1)C2. The van der Waals surface area contributed by atoms with Gasteiger partial charge >= 0.3 is 0 Å². The van der Waals surface area contributed by atoms with E-state index in [2.05, 4.69) is 0 Å². The normalized spacial score (nSPS) is 13.5. The fourth-order valence-corrected chi connectivity index (χ4v) is 3.14. The maximum Gasteiger partial charge on any atom is 0.255 e. The molecule has 1 aliphatic rings. The first kappa shape index (κ1) is 15.2. The summed E-state index contributed by atoms with van der Waals surface area (Å²) in [5.74, 6) is 0.765. The average Bonchev–Trinajstić information content (AvgIpc) is 2.81. The number of carbonyl (C=O) groups excluding carboxylic acids is 1. The van der Waals surface area contributed by atoms with Crippen LogP contribution in [0.15, 0.2) is 30.3 Å². The molecule has 0 bridgehead atoms. The fourth-order valence-electron chi connectivity index (χ4n) is 2.82. The second kappa shape index (κ2) is 5.82. The first-order valence-electron chi connectivity index (χ1n) is 6.91. The van der Waals surface area contributed by atoms with Crippen molar-refractivity contribution < 1.29 is 9.53 Å². The quantitative estimate of drug-likeness (QED) is 0.828. The molecule has 0 fully saturated rings. The predicted molar refractivity (Wildman–Crippen MR) is 87.8 cm³/mol. The van der Waals surface area contributed by atoms with E-state index in [0.29, 0.717) is 23.1 Å². The molecule has 22 heavy (non-hydrogen) atoms. The van der Waals surface area contributed by atoms with Gasteiger partial charge in [-0.05, 0) is 36.2 Å². The molecule has 114 valence electrons. The summed E-state index contributed by atoms with van der Waals surface area (Å²) in [6, 6.07) is 9.30. The maximum atomic E-state index is 12.7. The Kier molecular flexibility index (Phi) is 4.02. The van der Waals surface area contributed by atoms with E-state index in [-0.39, 0.29) is 5.91 Å². The van der Waals surface area contributed by atoms with Crippen molar-refractivity contribution in [3.63, 3.8) is 0 Å². The van der Waals surface area contributed by atoms with Crippen molar-refractivity contribution in [3.8, 4) is 5.75 Å². The summed E-state index contributed by atoms with van der Waals surface area (Å²) in [6.45, 7) is 3.02. The minimum absolute atomic E-state index is 0.0254. The summed E-state index contributed by atoms with van der Waals surface area (Å²) < 4.78 is 5.30. The topological polar surface area (TPSA) is 29.5 Å². The number of methoxy groups -OCH3 is 1. The lowest BCUT2D eigenvalue weighted by Gasteiger charge is -2.16. The fraction of sp³-hybridized carbons (Fsp3) is 0.235. The van der Waals surface area contributed by atoms with Crippen LogP contribution < -0.4 is 4.74 Å². The van der Waals surface area contributed by atoms with Crippen LogP contribution in [0.5, 0.6) is 5.75 Å². The molecule has 1 heterocycles. The Morgan fingerprint density at radius 1 is 1.18 bits per heavy atom. The lowest BCUT2D eigenvalue weighted by atomic mass is 10.0. The molecule has 0 N–H and O–H groups in total. The molecule has 0 aromatic heterocycles. The van der Waals surface area contributed by atoms with Crippen molar-refractivity contribution in [3.05, 3.63) is 62.6 Å². The lowest BCUT2D eigenvalue weighted by molar-refractivity contribution is 0.0766. The van der Waals surface area contributed by atoms with E-state index in [9.17, 15) is 4.79 Å². The van der Waals surface area contributed by atoms with Gasteiger partial charge in [0.25, 0.3) is 5.91 Å². The zero-order chi connectivity index (χ0) is 15.9. The van der Waals surface area contributed by atoms with Crippen molar-refractivity contribution in [1.29, 1.82) is 0 Å². The molecular formula is C17H15Cl2NO2.